The van der Waals surface area contributed by atoms with E-state index in [1.54, 1.807) is 6.08 Å². The highest BCUT2D eigenvalue weighted by molar-refractivity contribution is 4.83. The van der Waals surface area contributed by atoms with Crippen molar-refractivity contribution in [3.05, 3.63) is 12.2 Å². The predicted molar refractivity (Wildman–Crippen MR) is 44.0 cm³/mol. The molecule has 0 rings (SSSR count). The molecule has 0 aliphatic rings. The fraction of sp³-hybridized carbons (Fsp3) is 0.750. The molecule has 0 aliphatic carbocycles. The third-order valence-corrected chi connectivity index (χ3v) is 1.29. The van der Waals surface area contributed by atoms with Gasteiger partial charge < -0.3 is 10.0 Å². The van der Waals surface area contributed by atoms with Gasteiger partial charge >= 0.3 is 0 Å². The molecule has 0 amide bonds. The fourth-order valence-electron chi connectivity index (χ4n) is 0.802. The average Bonchev–Trinajstić information content (AvgIpc) is 1.89. The quantitative estimate of drug-likeness (QED) is 0.577. The Morgan fingerprint density at radius 1 is 1.40 bits per heavy atom. The third kappa shape index (κ3) is 5.79. The van der Waals surface area contributed by atoms with Gasteiger partial charge in [0.2, 0.25) is 0 Å². The molecule has 0 saturated heterocycles. The Morgan fingerprint density at radius 3 is 2.60 bits per heavy atom. The molecule has 0 radical (unpaired) electrons. The molecule has 2 heteroatoms. The lowest BCUT2D eigenvalue weighted by atomic mass is 10.4. The molecule has 0 bridgehead atoms. The van der Waals surface area contributed by atoms with E-state index < -0.39 is 0 Å². The summed E-state index contributed by atoms with van der Waals surface area (Å²) in [6.45, 7) is 4.37. The number of aliphatic hydroxyl groups excluding tert-OH is 1. The minimum Gasteiger partial charge on any atom is -0.392 e. The van der Waals surface area contributed by atoms with Gasteiger partial charge in [0.05, 0.1) is 6.61 Å². The first-order valence-corrected chi connectivity index (χ1v) is 3.75. The normalized spacial score (nSPS) is 11.6. The van der Waals surface area contributed by atoms with Crippen LogP contribution in [-0.4, -0.2) is 36.8 Å². The van der Waals surface area contributed by atoms with E-state index in [1.165, 1.54) is 6.42 Å². The number of hydrogen-bond acceptors (Lipinski definition) is 2. The first-order chi connectivity index (χ1) is 4.81. The van der Waals surface area contributed by atoms with Gasteiger partial charge in [0, 0.05) is 6.54 Å². The zero-order valence-corrected chi connectivity index (χ0v) is 6.88. The maximum absolute atomic E-state index is 8.40. The van der Waals surface area contributed by atoms with Gasteiger partial charge in [-0.25, -0.2) is 0 Å². The Labute approximate surface area is 63.2 Å². The SMILES string of the molecule is CCCN(C)C/C=C\CO. The molecule has 0 unspecified atom stereocenters. The predicted octanol–water partition coefficient (Wildman–Crippen LogP) is 0.877. The van der Waals surface area contributed by atoms with Gasteiger partial charge in [0.15, 0.2) is 0 Å². The first-order valence-electron chi connectivity index (χ1n) is 3.75. The zero-order chi connectivity index (χ0) is 7.82. The number of likely N-dealkylation sites (N-methyl/N-ethyl adjacent to an activating group) is 1. The molecular formula is C8H17NO. The molecule has 0 atom stereocenters. The molecule has 0 aliphatic heterocycles. The van der Waals surface area contributed by atoms with Crippen LogP contribution in [0.25, 0.3) is 0 Å². The van der Waals surface area contributed by atoms with Crippen LogP contribution < -0.4 is 0 Å². The van der Waals surface area contributed by atoms with Crippen LogP contribution in [0.4, 0.5) is 0 Å². The Kier molecular flexibility index (Phi) is 6.55. The van der Waals surface area contributed by atoms with Gasteiger partial charge in [0.25, 0.3) is 0 Å². The Hall–Kier alpha value is -0.340. The van der Waals surface area contributed by atoms with E-state index >= 15 is 0 Å². The summed E-state index contributed by atoms with van der Waals surface area (Å²) in [6.07, 6.45) is 4.94. The summed E-state index contributed by atoms with van der Waals surface area (Å²) in [5.74, 6) is 0. The fourth-order valence-corrected chi connectivity index (χ4v) is 0.802. The molecule has 0 spiro atoms. The molecule has 60 valence electrons. The van der Waals surface area contributed by atoms with Crippen LogP contribution in [0.3, 0.4) is 0 Å². The van der Waals surface area contributed by atoms with Gasteiger partial charge in [-0.2, -0.15) is 0 Å². The Balaban J connectivity index is 3.20. The third-order valence-electron chi connectivity index (χ3n) is 1.29. The summed E-state index contributed by atoms with van der Waals surface area (Å²) in [4.78, 5) is 2.21. The molecule has 0 aromatic rings. The zero-order valence-electron chi connectivity index (χ0n) is 6.88. The van der Waals surface area contributed by atoms with Crippen molar-refractivity contribution in [1.82, 2.24) is 4.90 Å². The van der Waals surface area contributed by atoms with Crippen molar-refractivity contribution in [3.8, 4) is 0 Å². The van der Waals surface area contributed by atoms with Crippen molar-refractivity contribution < 1.29 is 5.11 Å². The number of hydrogen-bond donors (Lipinski definition) is 1. The topological polar surface area (TPSA) is 23.5 Å². The standard InChI is InChI=1S/C8H17NO/c1-3-6-9(2)7-4-5-8-10/h4-5,10H,3,6-8H2,1-2H3/b5-4-. The molecular weight excluding hydrogens is 126 g/mol. The van der Waals surface area contributed by atoms with Crippen LogP contribution in [-0.2, 0) is 0 Å². The lowest BCUT2D eigenvalue weighted by Crippen LogP contribution is -2.18. The van der Waals surface area contributed by atoms with Crippen molar-refractivity contribution in [2.24, 2.45) is 0 Å². The van der Waals surface area contributed by atoms with Gasteiger partial charge in [-0.05, 0) is 20.0 Å². The van der Waals surface area contributed by atoms with E-state index in [2.05, 4.69) is 18.9 Å². The number of rotatable bonds is 5. The van der Waals surface area contributed by atoms with E-state index in [9.17, 15) is 0 Å². The largest absolute Gasteiger partial charge is 0.392 e. The van der Waals surface area contributed by atoms with Crippen molar-refractivity contribution in [3.63, 3.8) is 0 Å². The van der Waals surface area contributed by atoms with Crippen LogP contribution in [0.1, 0.15) is 13.3 Å². The van der Waals surface area contributed by atoms with Crippen LogP contribution in [0.15, 0.2) is 12.2 Å². The summed E-state index contributed by atoms with van der Waals surface area (Å²) in [6, 6.07) is 0. The van der Waals surface area contributed by atoms with Gasteiger partial charge in [0.1, 0.15) is 0 Å². The van der Waals surface area contributed by atoms with Gasteiger partial charge in [-0.1, -0.05) is 19.1 Å². The monoisotopic (exact) mass is 143 g/mol. The van der Waals surface area contributed by atoms with Crippen LogP contribution >= 0.6 is 0 Å². The van der Waals surface area contributed by atoms with Crippen LogP contribution in [0, 0.1) is 0 Å². The highest BCUT2D eigenvalue weighted by Gasteiger charge is 1.89. The molecule has 0 aromatic carbocycles. The second kappa shape index (κ2) is 6.78. The number of aliphatic hydroxyl groups is 1. The highest BCUT2D eigenvalue weighted by Crippen LogP contribution is 1.85. The molecule has 10 heavy (non-hydrogen) atoms. The van der Waals surface area contributed by atoms with Crippen molar-refractivity contribution in [2.75, 3.05) is 26.7 Å². The molecule has 0 fully saturated rings. The Bertz CT molecular complexity index is 91.3. The van der Waals surface area contributed by atoms with Crippen LogP contribution in [0.5, 0.6) is 0 Å². The second-order valence-electron chi connectivity index (χ2n) is 2.42. The Morgan fingerprint density at radius 2 is 2.10 bits per heavy atom. The van der Waals surface area contributed by atoms with Crippen molar-refractivity contribution in [1.29, 1.82) is 0 Å². The lowest BCUT2D eigenvalue weighted by Gasteiger charge is -2.11. The lowest BCUT2D eigenvalue weighted by molar-refractivity contribution is 0.339. The highest BCUT2D eigenvalue weighted by atomic mass is 16.2. The summed E-state index contributed by atoms with van der Waals surface area (Å²) in [7, 11) is 2.07. The van der Waals surface area contributed by atoms with Crippen molar-refractivity contribution in [2.45, 2.75) is 13.3 Å². The second-order valence-corrected chi connectivity index (χ2v) is 2.42. The summed E-state index contributed by atoms with van der Waals surface area (Å²) >= 11 is 0. The van der Waals surface area contributed by atoms with Gasteiger partial charge in [-0.15, -0.1) is 0 Å². The van der Waals surface area contributed by atoms with Crippen LogP contribution in [0.2, 0.25) is 0 Å². The maximum Gasteiger partial charge on any atom is 0.0612 e. The molecule has 0 aromatic heterocycles. The van der Waals surface area contributed by atoms with E-state index in [1.807, 2.05) is 6.08 Å². The minimum absolute atomic E-state index is 0.153. The summed E-state index contributed by atoms with van der Waals surface area (Å²) < 4.78 is 0. The summed E-state index contributed by atoms with van der Waals surface area (Å²) in [5, 5.41) is 8.40. The van der Waals surface area contributed by atoms with E-state index in [-0.39, 0.29) is 6.61 Å². The number of nitrogens with zero attached hydrogens (tertiary/aromatic N) is 1. The van der Waals surface area contributed by atoms with Gasteiger partial charge in [-0.3, -0.25) is 0 Å². The summed E-state index contributed by atoms with van der Waals surface area (Å²) in [5.41, 5.74) is 0. The smallest absolute Gasteiger partial charge is 0.0612 e. The van der Waals surface area contributed by atoms with Crippen molar-refractivity contribution >= 4 is 0 Å². The van der Waals surface area contributed by atoms with E-state index in [0.29, 0.717) is 0 Å². The maximum atomic E-state index is 8.40. The van der Waals surface area contributed by atoms with E-state index in [4.69, 9.17) is 5.11 Å². The van der Waals surface area contributed by atoms with E-state index in [0.717, 1.165) is 13.1 Å². The molecule has 0 heterocycles. The molecule has 2 nitrogen and oxygen atoms in total. The first kappa shape index (κ1) is 9.66. The molecule has 1 N–H and O–H groups in total. The molecule has 0 saturated carbocycles. The average molecular weight is 143 g/mol. The minimum atomic E-state index is 0.153.